The molecule has 0 aliphatic heterocycles. The van der Waals surface area contributed by atoms with Crippen molar-refractivity contribution < 1.29 is 3.07 Å². The molecule has 0 aromatic carbocycles. The number of hydrogen-bond acceptors (Lipinski definition) is 2. The van der Waals surface area contributed by atoms with Crippen molar-refractivity contribution in [3.63, 3.8) is 0 Å². The van der Waals surface area contributed by atoms with Gasteiger partial charge in [-0.2, -0.15) is 0 Å². The van der Waals surface area contributed by atoms with Gasteiger partial charge in [-0.3, -0.25) is 0 Å². The lowest BCUT2D eigenvalue weighted by atomic mass is 10.1. The first kappa shape index (κ1) is 12.8. The summed E-state index contributed by atoms with van der Waals surface area (Å²) in [5, 5.41) is 0. The Morgan fingerprint density at radius 2 is 2.08 bits per heavy atom. The summed E-state index contributed by atoms with van der Waals surface area (Å²) >= 11 is 1.90. The van der Waals surface area contributed by atoms with Crippen molar-refractivity contribution in [1.82, 2.24) is 0 Å². The molecule has 2 N–H and O–H groups in total. The topological polar surface area (TPSA) is 35.2 Å². The summed E-state index contributed by atoms with van der Waals surface area (Å²) in [7, 11) is 0. The molecule has 0 aromatic rings. The maximum Gasteiger partial charge on any atom is 0.192 e. The van der Waals surface area contributed by atoms with Gasteiger partial charge in [0, 0.05) is 12.1 Å². The summed E-state index contributed by atoms with van der Waals surface area (Å²) in [4.78, 5) is 0. The van der Waals surface area contributed by atoms with E-state index in [4.69, 9.17) is 8.80 Å². The molecule has 3 heteroatoms. The zero-order valence-electron chi connectivity index (χ0n) is 8.51. The highest BCUT2D eigenvalue weighted by Crippen LogP contribution is 2.12. The van der Waals surface area contributed by atoms with Crippen LogP contribution in [0.5, 0.6) is 0 Å². The molecule has 0 saturated carbocycles. The Morgan fingerprint density at radius 3 is 2.46 bits per heavy atom. The largest absolute Gasteiger partial charge is 0.432 e. The van der Waals surface area contributed by atoms with Crippen LogP contribution in [0.25, 0.3) is 0 Å². The van der Waals surface area contributed by atoms with Crippen LogP contribution in [0.1, 0.15) is 33.6 Å². The molecule has 0 rings (SSSR count). The van der Waals surface area contributed by atoms with Crippen molar-refractivity contribution in [2.75, 3.05) is 0 Å². The minimum Gasteiger partial charge on any atom is -0.432 e. The highest BCUT2D eigenvalue weighted by molar-refractivity contribution is 14.1. The van der Waals surface area contributed by atoms with Gasteiger partial charge in [0.05, 0.1) is 0 Å². The van der Waals surface area contributed by atoms with E-state index in [9.17, 15) is 0 Å². The monoisotopic (exact) mass is 295 g/mol. The minimum atomic E-state index is 0.414. The average molecular weight is 295 g/mol. The van der Waals surface area contributed by atoms with Crippen LogP contribution in [-0.2, 0) is 3.07 Å². The fraction of sp³-hybridized carbons (Fsp3) is 0.600. The first-order chi connectivity index (χ1) is 6.11. The fourth-order valence-electron chi connectivity index (χ4n) is 0.828. The number of halogens is 1. The standard InChI is InChI=1S/C10H18INO/c1-4-5-9(13-11)6-7-10(12)8(2)3/h5,7-8H,4,6,12H2,1-3H3/b9-5-,10-7+. The first-order valence-corrected chi connectivity index (χ1v) is 5.43. The maximum absolute atomic E-state index is 5.79. The van der Waals surface area contributed by atoms with Gasteiger partial charge in [0.15, 0.2) is 23.0 Å². The van der Waals surface area contributed by atoms with E-state index in [0.717, 1.165) is 24.3 Å². The van der Waals surface area contributed by atoms with Crippen LogP contribution in [0.15, 0.2) is 23.6 Å². The molecule has 0 aliphatic rings. The second-order valence-electron chi connectivity index (χ2n) is 3.22. The second kappa shape index (κ2) is 7.24. The highest BCUT2D eigenvalue weighted by atomic mass is 127. The molecule has 0 bridgehead atoms. The van der Waals surface area contributed by atoms with Gasteiger partial charge < -0.3 is 8.80 Å². The summed E-state index contributed by atoms with van der Waals surface area (Å²) in [6.07, 6.45) is 5.87. The van der Waals surface area contributed by atoms with E-state index in [-0.39, 0.29) is 0 Å². The Bertz CT molecular complexity index is 197. The smallest absolute Gasteiger partial charge is 0.192 e. The van der Waals surface area contributed by atoms with Crippen molar-refractivity contribution in [3.05, 3.63) is 23.6 Å². The van der Waals surface area contributed by atoms with Crippen molar-refractivity contribution >= 4 is 23.0 Å². The fourth-order valence-corrected chi connectivity index (χ4v) is 1.19. The number of allylic oxidation sites excluding steroid dienone is 3. The van der Waals surface area contributed by atoms with Crippen LogP contribution in [0, 0.1) is 5.92 Å². The van der Waals surface area contributed by atoms with Crippen LogP contribution in [0.2, 0.25) is 0 Å². The van der Waals surface area contributed by atoms with Gasteiger partial charge in [0.25, 0.3) is 0 Å². The van der Waals surface area contributed by atoms with Crippen LogP contribution in [0.3, 0.4) is 0 Å². The van der Waals surface area contributed by atoms with Gasteiger partial charge in [-0.05, 0) is 18.4 Å². The Kier molecular flexibility index (Phi) is 7.13. The summed E-state index contributed by atoms with van der Waals surface area (Å²) < 4.78 is 5.15. The van der Waals surface area contributed by atoms with Crippen molar-refractivity contribution in [3.8, 4) is 0 Å². The Hall–Kier alpha value is -0.190. The van der Waals surface area contributed by atoms with Gasteiger partial charge in [0.1, 0.15) is 5.76 Å². The SMILES string of the molecule is CC/C=C(/C/C=C(/N)C(C)C)OI. The third kappa shape index (κ3) is 5.96. The van der Waals surface area contributed by atoms with Crippen molar-refractivity contribution in [2.45, 2.75) is 33.6 Å². The molecule has 2 nitrogen and oxygen atoms in total. The van der Waals surface area contributed by atoms with Gasteiger partial charge in [0.2, 0.25) is 0 Å². The molecule has 0 atom stereocenters. The molecule has 0 unspecified atom stereocenters. The molecule has 0 saturated heterocycles. The van der Waals surface area contributed by atoms with Gasteiger partial charge >= 0.3 is 0 Å². The van der Waals surface area contributed by atoms with Crippen LogP contribution in [0.4, 0.5) is 0 Å². The molecule has 76 valence electrons. The van der Waals surface area contributed by atoms with E-state index in [1.807, 2.05) is 29.1 Å². The predicted molar refractivity (Wildman–Crippen MR) is 65.2 cm³/mol. The molecule has 0 heterocycles. The summed E-state index contributed by atoms with van der Waals surface area (Å²) in [6.45, 7) is 6.26. The van der Waals surface area contributed by atoms with E-state index >= 15 is 0 Å². The number of nitrogens with two attached hydrogens (primary N) is 1. The first-order valence-electron chi connectivity index (χ1n) is 4.54. The molecular weight excluding hydrogens is 277 g/mol. The predicted octanol–water partition coefficient (Wildman–Crippen LogP) is 3.54. The van der Waals surface area contributed by atoms with Crippen LogP contribution < -0.4 is 5.73 Å². The second-order valence-corrected chi connectivity index (χ2v) is 3.66. The molecule has 13 heavy (non-hydrogen) atoms. The molecular formula is C10H18INO. The third-order valence-electron chi connectivity index (χ3n) is 1.74. The lowest BCUT2D eigenvalue weighted by Crippen LogP contribution is -2.04. The van der Waals surface area contributed by atoms with Crippen molar-refractivity contribution in [2.24, 2.45) is 11.7 Å². The van der Waals surface area contributed by atoms with E-state index < -0.39 is 0 Å². The van der Waals surface area contributed by atoms with E-state index in [2.05, 4.69) is 26.8 Å². The molecule has 0 amide bonds. The Balaban J connectivity index is 4.11. The number of rotatable bonds is 5. The van der Waals surface area contributed by atoms with Crippen LogP contribution >= 0.6 is 23.0 Å². The lowest BCUT2D eigenvalue weighted by molar-refractivity contribution is 0.540. The zero-order chi connectivity index (χ0) is 10.3. The molecule has 0 aliphatic carbocycles. The zero-order valence-corrected chi connectivity index (χ0v) is 10.7. The van der Waals surface area contributed by atoms with E-state index in [1.54, 1.807) is 0 Å². The van der Waals surface area contributed by atoms with Gasteiger partial charge in [-0.15, -0.1) is 0 Å². The molecule has 0 spiro atoms. The summed E-state index contributed by atoms with van der Waals surface area (Å²) in [6, 6.07) is 0. The third-order valence-corrected chi connectivity index (χ3v) is 2.30. The minimum absolute atomic E-state index is 0.414. The molecule has 0 aromatic heterocycles. The normalized spacial score (nSPS) is 13.6. The maximum atomic E-state index is 5.79. The lowest BCUT2D eigenvalue weighted by Gasteiger charge is -2.05. The van der Waals surface area contributed by atoms with Gasteiger partial charge in [-0.25, -0.2) is 0 Å². The van der Waals surface area contributed by atoms with E-state index in [0.29, 0.717) is 5.92 Å². The molecule has 0 fully saturated rings. The van der Waals surface area contributed by atoms with E-state index in [1.165, 1.54) is 0 Å². The average Bonchev–Trinajstić information content (AvgIpc) is 2.11. The number of hydrogen-bond donors (Lipinski definition) is 1. The quantitative estimate of drug-likeness (QED) is 0.622. The van der Waals surface area contributed by atoms with Crippen molar-refractivity contribution in [1.29, 1.82) is 0 Å². The Morgan fingerprint density at radius 1 is 1.46 bits per heavy atom. The highest BCUT2D eigenvalue weighted by Gasteiger charge is 1.98. The van der Waals surface area contributed by atoms with Gasteiger partial charge in [-0.1, -0.05) is 26.8 Å². The summed E-state index contributed by atoms with van der Waals surface area (Å²) in [5.74, 6) is 1.39. The molecule has 0 radical (unpaired) electrons. The Labute approximate surface area is 94.9 Å². The van der Waals surface area contributed by atoms with Crippen LogP contribution in [-0.4, -0.2) is 0 Å². The summed E-state index contributed by atoms with van der Waals surface area (Å²) in [5.41, 5.74) is 6.72.